The average Bonchev–Trinajstić information content (AvgIpc) is 3.21. The van der Waals surface area contributed by atoms with E-state index in [9.17, 15) is 9.59 Å². The Morgan fingerprint density at radius 1 is 1.12 bits per heavy atom. The van der Waals surface area contributed by atoms with Gasteiger partial charge in [-0.05, 0) is 48.5 Å². The molecule has 0 unspecified atom stereocenters. The van der Waals surface area contributed by atoms with Crippen LogP contribution in [0.2, 0.25) is 0 Å². The van der Waals surface area contributed by atoms with E-state index in [0.717, 1.165) is 5.69 Å². The van der Waals surface area contributed by atoms with E-state index in [2.05, 4.69) is 15.4 Å². The number of nitrogens with one attached hydrogen (secondary N) is 1. The summed E-state index contributed by atoms with van der Waals surface area (Å²) in [5.41, 5.74) is 2.07. The second-order valence-electron chi connectivity index (χ2n) is 5.20. The van der Waals surface area contributed by atoms with Crippen LogP contribution in [0.25, 0.3) is 5.69 Å². The number of anilines is 1. The lowest BCUT2D eigenvalue weighted by Crippen LogP contribution is -2.20. The van der Waals surface area contributed by atoms with E-state index in [1.165, 1.54) is 6.33 Å². The van der Waals surface area contributed by atoms with Crippen LogP contribution in [-0.2, 0) is 9.53 Å². The normalized spacial score (nSPS) is 9.96. The fourth-order valence-electron chi connectivity index (χ4n) is 2.13. The minimum atomic E-state index is -0.606. The number of nitrogens with zero attached hydrogens (tertiary/aromatic N) is 4. The molecule has 1 heterocycles. The van der Waals surface area contributed by atoms with Gasteiger partial charge in [0.1, 0.15) is 12.7 Å². The number of aromatic nitrogens is 3. The van der Waals surface area contributed by atoms with Crippen LogP contribution in [0.5, 0.6) is 0 Å². The number of rotatable bonds is 5. The third kappa shape index (κ3) is 4.10. The molecule has 0 aliphatic carbocycles. The monoisotopic (exact) mass is 347 g/mol. The summed E-state index contributed by atoms with van der Waals surface area (Å²) in [5, 5.41) is 15.3. The molecule has 0 spiro atoms. The maximum Gasteiger partial charge on any atom is 0.338 e. The van der Waals surface area contributed by atoms with E-state index in [4.69, 9.17) is 10.00 Å². The quantitative estimate of drug-likeness (QED) is 0.706. The summed E-state index contributed by atoms with van der Waals surface area (Å²) >= 11 is 0. The van der Waals surface area contributed by atoms with Crippen LogP contribution in [0.4, 0.5) is 5.69 Å². The molecule has 1 N–H and O–H groups in total. The second-order valence-corrected chi connectivity index (χ2v) is 5.20. The fourth-order valence-corrected chi connectivity index (χ4v) is 2.13. The molecule has 8 nitrogen and oxygen atoms in total. The van der Waals surface area contributed by atoms with Crippen LogP contribution in [0.1, 0.15) is 15.9 Å². The highest BCUT2D eigenvalue weighted by molar-refractivity contribution is 5.95. The van der Waals surface area contributed by atoms with E-state index < -0.39 is 18.5 Å². The first-order valence-corrected chi connectivity index (χ1v) is 7.58. The van der Waals surface area contributed by atoms with Crippen molar-refractivity contribution in [3.05, 3.63) is 72.3 Å². The number of nitriles is 1. The Balaban J connectivity index is 1.53. The summed E-state index contributed by atoms with van der Waals surface area (Å²) in [4.78, 5) is 27.7. The number of ether oxygens (including phenoxy) is 1. The smallest absolute Gasteiger partial charge is 0.338 e. The first kappa shape index (κ1) is 16.9. The Morgan fingerprint density at radius 2 is 1.85 bits per heavy atom. The molecule has 3 aromatic rings. The highest BCUT2D eigenvalue weighted by Crippen LogP contribution is 2.10. The zero-order valence-corrected chi connectivity index (χ0v) is 13.5. The van der Waals surface area contributed by atoms with Gasteiger partial charge in [-0.25, -0.2) is 14.5 Å². The van der Waals surface area contributed by atoms with E-state index in [1.807, 2.05) is 6.07 Å². The maximum absolute atomic E-state index is 12.0. The van der Waals surface area contributed by atoms with Crippen molar-refractivity contribution >= 4 is 17.6 Å². The van der Waals surface area contributed by atoms with E-state index in [1.54, 1.807) is 59.5 Å². The van der Waals surface area contributed by atoms with Gasteiger partial charge < -0.3 is 10.1 Å². The van der Waals surface area contributed by atoms with E-state index >= 15 is 0 Å². The van der Waals surface area contributed by atoms with Crippen molar-refractivity contribution in [1.29, 1.82) is 5.26 Å². The number of hydrogen-bond donors (Lipinski definition) is 1. The molecule has 0 aliphatic rings. The molecule has 0 bridgehead atoms. The molecule has 0 atom stereocenters. The maximum atomic E-state index is 12.0. The van der Waals surface area contributed by atoms with Gasteiger partial charge in [0, 0.05) is 5.69 Å². The number of esters is 1. The largest absolute Gasteiger partial charge is 0.452 e. The van der Waals surface area contributed by atoms with E-state index in [-0.39, 0.29) is 0 Å². The predicted octanol–water partition coefficient (Wildman–Crippen LogP) is 1.93. The summed E-state index contributed by atoms with van der Waals surface area (Å²) in [7, 11) is 0. The highest BCUT2D eigenvalue weighted by Gasteiger charge is 2.11. The van der Waals surface area contributed by atoms with Gasteiger partial charge in [0.2, 0.25) is 0 Å². The number of carbonyl (C=O) groups is 2. The summed E-state index contributed by atoms with van der Waals surface area (Å²) in [6.07, 6.45) is 2.95. The Bertz CT molecular complexity index is 942. The van der Waals surface area contributed by atoms with Gasteiger partial charge in [-0.15, -0.1) is 0 Å². The standard InChI is InChI=1S/C18H13N5O3/c19-9-13-1-5-15(6-2-13)22-17(24)10-26-18(25)14-3-7-16(8-4-14)23-12-20-11-21-23/h1-8,11-12H,10H2,(H,22,24). The molecule has 1 amide bonds. The molecule has 8 heteroatoms. The Kier molecular flexibility index (Phi) is 5.00. The molecule has 3 rings (SSSR count). The lowest BCUT2D eigenvalue weighted by Gasteiger charge is -2.07. The van der Waals surface area contributed by atoms with Crippen molar-refractivity contribution in [2.24, 2.45) is 0 Å². The number of carbonyl (C=O) groups excluding carboxylic acids is 2. The number of benzene rings is 2. The minimum absolute atomic E-state index is 0.319. The topological polar surface area (TPSA) is 110 Å². The lowest BCUT2D eigenvalue weighted by atomic mass is 10.2. The van der Waals surface area contributed by atoms with Crippen LogP contribution < -0.4 is 5.32 Å². The third-order valence-corrected chi connectivity index (χ3v) is 3.42. The minimum Gasteiger partial charge on any atom is -0.452 e. The van der Waals surface area contributed by atoms with Crippen LogP contribution >= 0.6 is 0 Å². The Labute approximate surface area is 148 Å². The summed E-state index contributed by atoms with van der Waals surface area (Å²) < 4.78 is 6.56. The van der Waals surface area contributed by atoms with Crippen molar-refractivity contribution in [3.63, 3.8) is 0 Å². The first-order chi connectivity index (χ1) is 12.7. The average molecular weight is 347 g/mol. The summed E-state index contributed by atoms with van der Waals surface area (Å²) in [5.74, 6) is -1.08. The molecular formula is C18H13N5O3. The molecule has 0 saturated carbocycles. The van der Waals surface area contributed by atoms with Crippen LogP contribution in [0, 0.1) is 11.3 Å². The van der Waals surface area contributed by atoms with Crippen molar-refractivity contribution in [1.82, 2.24) is 14.8 Å². The number of amides is 1. The first-order valence-electron chi connectivity index (χ1n) is 7.58. The van der Waals surface area contributed by atoms with Crippen LogP contribution in [0.3, 0.4) is 0 Å². The molecule has 0 fully saturated rings. The molecule has 0 radical (unpaired) electrons. The molecular weight excluding hydrogens is 334 g/mol. The summed E-state index contributed by atoms with van der Waals surface area (Å²) in [6, 6.07) is 14.9. The zero-order chi connectivity index (χ0) is 18.4. The van der Waals surface area contributed by atoms with Gasteiger partial charge in [0.05, 0.1) is 22.9 Å². The third-order valence-electron chi connectivity index (χ3n) is 3.42. The Hall–Kier alpha value is -3.99. The molecule has 0 saturated heterocycles. The summed E-state index contributed by atoms with van der Waals surface area (Å²) in [6.45, 7) is -0.413. The SMILES string of the molecule is N#Cc1ccc(NC(=O)COC(=O)c2ccc(-n3cncn3)cc2)cc1. The van der Waals surface area contributed by atoms with Gasteiger partial charge >= 0.3 is 5.97 Å². The second kappa shape index (κ2) is 7.72. The van der Waals surface area contributed by atoms with E-state index in [0.29, 0.717) is 16.8 Å². The van der Waals surface area contributed by atoms with Crippen LogP contribution in [-0.4, -0.2) is 33.2 Å². The van der Waals surface area contributed by atoms with Gasteiger partial charge in [-0.2, -0.15) is 10.4 Å². The molecule has 0 aliphatic heterocycles. The van der Waals surface area contributed by atoms with Gasteiger partial charge in [-0.1, -0.05) is 0 Å². The molecule has 26 heavy (non-hydrogen) atoms. The van der Waals surface area contributed by atoms with Crippen molar-refractivity contribution in [2.45, 2.75) is 0 Å². The molecule has 1 aromatic heterocycles. The van der Waals surface area contributed by atoms with Crippen molar-refractivity contribution in [2.75, 3.05) is 11.9 Å². The highest BCUT2D eigenvalue weighted by atomic mass is 16.5. The fraction of sp³-hybridized carbons (Fsp3) is 0.0556. The number of hydrogen-bond acceptors (Lipinski definition) is 6. The molecule has 2 aromatic carbocycles. The van der Waals surface area contributed by atoms with Gasteiger partial charge in [0.25, 0.3) is 5.91 Å². The predicted molar refractivity (Wildman–Crippen MR) is 91.4 cm³/mol. The zero-order valence-electron chi connectivity index (χ0n) is 13.5. The van der Waals surface area contributed by atoms with Crippen molar-refractivity contribution < 1.29 is 14.3 Å². The lowest BCUT2D eigenvalue weighted by molar-refractivity contribution is -0.119. The van der Waals surface area contributed by atoms with Crippen LogP contribution in [0.15, 0.2) is 61.2 Å². The van der Waals surface area contributed by atoms with Crippen molar-refractivity contribution in [3.8, 4) is 11.8 Å². The Morgan fingerprint density at radius 3 is 2.46 bits per heavy atom. The van der Waals surface area contributed by atoms with Gasteiger partial charge in [-0.3, -0.25) is 4.79 Å². The molecule has 128 valence electrons. The van der Waals surface area contributed by atoms with Gasteiger partial charge in [0.15, 0.2) is 6.61 Å².